The van der Waals surface area contributed by atoms with Crippen LogP contribution in [0.1, 0.15) is 42.1 Å². The summed E-state index contributed by atoms with van der Waals surface area (Å²) in [5.41, 5.74) is 4.11. The number of amides is 1. The smallest absolute Gasteiger partial charge is 0.253 e. The van der Waals surface area contributed by atoms with Gasteiger partial charge >= 0.3 is 0 Å². The molecule has 2 atom stereocenters. The molecular formula is C24H28N4O. The van der Waals surface area contributed by atoms with Crippen molar-refractivity contribution >= 4 is 16.9 Å². The van der Waals surface area contributed by atoms with Crippen LogP contribution in [0.4, 0.5) is 0 Å². The minimum atomic E-state index is 0.166. The van der Waals surface area contributed by atoms with Crippen molar-refractivity contribution in [2.24, 2.45) is 0 Å². The summed E-state index contributed by atoms with van der Waals surface area (Å²) in [6.07, 6.45) is 5.56. The lowest BCUT2D eigenvalue weighted by atomic mass is 10.1. The van der Waals surface area contributed by atoms with E-state index in [0.29, 0.717) is 12.1 Å². The fraction of sp³-hybridized carbons (Fsp3) is 0.417. The third kappa shape index (κ3) is 3.55. The van der Waals surface area contributed by atoms with E-state index in [0.717, 1.165) is 42.7 Å². The van der Waals surface area contributed by atoms with Gasteiger partial charge in [0.05, 0.1) is 17.4 Å². The summed E-state index contributed by atoms with van der Waals surface area (Å²) in [7, 11) is 0. The molecule has 0 saturated carbocycles. The number of benzene rings is 2. The van der Waals surface area contributed by atoms with Gasteiger partial charge in [0.2, 0.25) is 0 Å². The minimum Gasteiger partial charge on any atom is -0.337 e. The number of carbonyl (C=O) groups is 1. The van der Waals surface area contributed by atoms with Crippen LogP contribution in [0.3, 0.4) is 0 Å². The SMILES string of the molecule is C[C@H]1CCCN1[C@@H]1CCN(C(=O)c2ccc(Cn3cnc4ccccc43)cc2)C1. The van der Waals surface area contributed by atoms with Crippen molar-refractivity contribution in [3.8, 4) is 0 Å². The van der Waals surface area contributed by atoms with E-state index < -0.39 is 0 Å². The predicted octanol–water partition coefficient (Wildman–Crippen LogP) is 3.78. The van der Waals surface area contributed by atoms with Gasteiger partial charge in [-0.25, -0.2) is 4.98 Å². The molecule has 1 amide bonds. The Kier molecular flexibility index (Phi) is 4.84. The van der Waals surface area contributed by atoms with Crippen LogP contribution in [0.5, 0.6) is 0 Å². The fourth-order valence-corrected chi connectivity index (χ4v) is 4.96. The van der Waals surface area contributed by atoms with Crippen LogP contribution >= 0.6 is 0 Å². The van der Waals surface area contributed by atoms with Gasteiger partial charge in [-0.1, -0.05) is 24.3 Å². The van der Waals surface area contributed by atoms with E-state index in [4.69, 9.17) is 0 Å². The lowest BCUT2D eigenvalue weighted by Crippen LogP contribution is -2.40. The first kappa shape index (κ1) is 18.4. The molecule has 29 heavy (non-hydrogen) atoms. The van der Waals surface area contributed by atoms with Crippen molar-refractivity contribution in [1.29, 1.82) is 0 Å². The number of aromatic nitrogens is 2. The molecular weight excluding hydrogens is 360 g/mol. The maximum Gasteiger partial charge on any atom is 0.253 e. The van der Waals surface area contributed by atoms with Gasteiger partial charge in [0.25, 0.3) is 5.91 Å². The Morgan fingerprint density at radius 1 is 1.07 bits per heavy atom. The largest absolute Gasteiger partial charge is 0.337 e. The Balaban J connectivity index is 1.25. The van der Waals surface area contributed by atoms with E-state index in [2.05, 4.69) is 39.6 Å². The van der Waals surface area contributed by atoms with Crippen LogP contribution in [-0.2, 0) is 6.54 Å². The number of nitrogens with zero attached hydrogens (tertiary/aromatic N) is 4. The summed E-state index contributed by atoms with van der Waals surface area (Å²) in [4.78, 5) is 22.1. The van der Waals surface area contributed by atoms with E-state index in [9.17, 15) is 4.79 Å². The van der Waals surface area contributed by atoms with E-state index in [-0.39, 0.29) is 5.91 Å². The Labute approximate surface area is 171 Å². The molecule has 1 aromatic heterocycles. The highest BCUT2D eigenvalue weighted by atomic mass is 16.2. The lowest BCUT2D eigenvalue weighted by molar-refractivity contribution is 0.0774. The number of imidazole rings is 1. The summed E-state index contributed by atoms with van der Waals surface area (Å²) in [6, 6.07) is 17.4. The predicted molar refractivity (Wildman–Crippen MR) is 115 cm³/mol. The molecule has 2 aromatic carbocycles. The van der Waals surface area contributed by atoms with E-state index in [1.807, 2.05) is 41.6 Å². The Bertz CT molecular complexity index is 1010. The second-order valence-electron chi connectivity index (χ2n) is 8.48. The molecule has 0 bridgehead atoms. The number of likely N-dealkylation sites (tertiary alicyclic amines) is 2. The third-order valence-electron chi connectivity index (χ3n) is 6.61. The Hall–Kier alpha value is -2.66. The fourth-order valence-electron chi connectivity index (χ4n) is 4.96. The van der Waals surface area contributed by atoms with Gasteiger partial charge in [0.1, 0.15) is 0 Å². The molecule has 2 fully saturated rings. The second-order valence-corrected chi connectivity index (χ2v) is 8.48. The van der Waals surface area contributed by atoms with E-state index in [1.165, 1.54) is 24.9 Å². The molecule has 0 aliphatic carbocycles. The zero-order valence-electron chi connectivity index (χ0n) is 17.0. The van der Waals surface area contributed by atoms with Gasteiger partial charge in [0.15, 0.2) is 0 Å². The molecule has 5 rings (SSSR count). The van der Waals surface area contributed by atoms with Gasteiger partial charge in [-0.3, -0.25) is 9.69 Å². The first-order valence-electron chi connectivity index (χ1n) is 10.7. The molecule has 2 aliphatic rings. The van der Waals surface area contributed by atoms with Gasteiger partial charge < -0.3 is 9.47 Å². The van der Waals surface area contributed by atoms with Gasteiger partial charge in [-0.05, 0) is 62.6 Å². The van der Waals surface area contributed by atoms with Crippen LogP contribution < -0.4 is 0 Å². The lowest BCUT2D eigenvalue weighted by Gasteiger charge is -2.28. The standard InChI is InChI=1S/C24H28N4O/c1-18-5-4-13-28(18)21-12-14-26(16-21)24(29)20-10-8-19(9-11-20)15-27-17-25-22-6-2-3-7-23(22)27/h2-3,6-11,17-18,21H,4-5,12-16H2,1H3/t18-,21+/m0/s1. The van der Waals surface area contributed by atoms with Crippen LogP contribution in [0, 0.1) is 0 Å². The molecule has 0 spiro atoms. The highest BCUT2D eigenvalue weighted by Gasteiger charge is 2.34. The monoisotopic (exact) mass is 388 g/mol. The topological polar surface area (TPSA) is 41.4 Å². The molecule has 5 nitrogen and oxygen atoms in total. The van der Waals surface area contributed by atoms with E-state index >= 15 is 0 Å². The number of fused-ring (bicyclic) bond motifs is 1. The van der Waals surface area contributed by atoms with Crippen LogP contribution in [0.2, 0.25) is 0 Å². The maximum absolute atomic E-state index is 13.0. The zero-order valence-corrected chi connectivity index (χ0v) is 17.0. The molecule has 5 heteroatoms. The average Bonchev–Trinajstić information content (AvgIpc) is 3.48. The molecule has 150 valence electrons. The first-order valence-corrected chi connectivity index (χ1v) is 10.7. The quantitative estimate of drug-likeness (QED) is 0.683. The highest BCUT2D eigenvalue weighted by molar-refractivity contribution is 5.94. The molecule has 0 radical (unpaired) electrons. The van der Waals surface area contributed by atoms with Gasteiger partial charge in [0, 0.05) is 37.3 Å². The van der Waals surface area contributed by atoms with Crippen molar-refractivity contribution in [1.82, 2.24) is 19.4 Å². The van der Waals surface area contributed by atoms with Crippen LogP contribution in [0.15, 0.2) is 54.9 Å². The normalized spacial score (nSPS) is 22.6. The van der Waals surface area contributed by atoms with Crippen molar-refractivity contribution < 1.29 is 4.79 Å². The number of carbonyl (C=O) groups excluding carboxylic acids is 1. The van der Waals surface area contributed by atoms with E-state index in [1.54, 1.807) is 0 Å². The number of para-hydroxylation sites is 2. The van der Waals surface area contributed by atoms with Crippen molar-refractivity contribution in [3.63, 3.8) is 0 Å². The van der Waals surface area contributed by atoms with Crippen molar-refractivity contribution in [2.45, 2.75) is 44.8 Å². The minimum absolute atomic E-state index is 0.166. The molecule has 2 aliphatic heterocycles. The third-order valence-corrected chi connectivity index (χ3v) is 6.61. The number of rotatable bonds is 4. The summed E-state index contributed by atoms with van der Waals surface area (Å²) < 4.78 is 2.15. The Morgan fingerprint density at radius 2 is 1.90 bits per heavy atom. The molecule has 3 aromatic rings. The number of hydrogen-bond donors (Lipinski definition) is 0. The second kappa shape index (κ2) is 7.64. The summed E-state index contributed by atoms with van der Waals surface area (Å²) in [5.74, 6) is 0.166. The first-order chi connectivity index (χ1) is 14.2. The van der Waals surface area contributed by atoms with Gasteiger partial charge in [-0.15, -0.1) is 0 Å². The number of hydrogen-bond acceptors (Lipinski definition) is 3. The van der Waals surface area contributed by atoms with Crippen LogP contribution in [0.25, 0.3) is 11.0 Å². The molecule has 3 heterocycles. The maximum atomic E-state index is 13.0. The zero-order chi connectivity index (χ0) is 19.8. The Morgan fingerprint density at radius 3 is 2.69 bits per heavy atom. The summed E-state index contributed by atoms with van der Waals surface area (Å²) in [5, 5.41) is 0. The average molecular weight is 389 g/mol. The molecule has 0 unspecified atom stereocenters. The molecule has 0 N–H and O–H groups in total. The van der Waals surface area contributed by atoms with Crippen molar-refractivity contribution in [2.75, 3.05) is 19.6 Å². The van der Waals surface area contributed by atoms with Crippen molar-refractivity contribution in [3.05, 3.63) is 66.0 Å². The highest BCUT2D eigenvalue weighted by Crippen LogP contribution is 2.26. The summed E-state index contributed by atoms with van der Waals surface area (Å²) in [6.45, 7) is 6.00. The van der Waals surface area contributed by atoms with Crippen LogP contribution in [-0.4, -0.2) is 57.0 Å². The summed E-state index contributed by atoms with van der Waals surface area (Å²) >= 11 is 0. The van der Waals surface area contributed by atoms with Gasteiger partial charge in [-0.2, -0.15) is 0 Å². The molecule has 2 saturated heterocycles.